The van der Waals surface area contributed by atoms with Crippen LogP contribution in [0.15, 0.2) is 163 Å². The van der Waals surface area contributed by atoms with Crippen LogP contribution < -0.4 is 14.3 Å². The molecule has 0 saturated carbocycles. The summed E-state index contributed by atoms with van der Waals surface area (Å²) in [5.74, 6) is 1.81. The zero-order valence-electron chi connectivity index (χ0n) is 35.2. The van der Waals surface area contributed by atoms with Gasteiger partial charge < -0.3 is 4.42 Å². The van der Waals surface area contributed by atoms with E-state index in [1.807, 2.05) is 0 Å². The van der Waals surface area contributed by atoms with Gasteiger partial charge >= 0.3 is 5.82 Å². The summed E-state index contributed by atoms with van der Waals surface area (Å²) in [5.41, 5.74) is 16.7. The molecule has 60 heavy (non-hydrogen) atoms. The molecule has 0 aliphatic carbocycles. The number of furan rings is 1. The Balaban J connectivity index is 1.22. The number of aryl methyl sites for hydroxylation is 1. The molecule has 294 valence electrons. The molecule has 3 aromatic heterocycles. The van der Waals surface area contributed by atoms with E-state index in [2.05, 4.69) is 199 Å². The Morgan fingerprint density at radius 1 is 0.750 bits per heavy atom. The van der Waals surface area contributed by atoms with Crippen LogP contribution in [0, 0.1) is 0 Å². The molecular formula is C55H51N3OSi+2. The van der Waals surface area contributed by atoms with Gasteiger partial charge in [0.1, 0.15) is 22.5 Å². The number of rotatable bonds is 4. The van der Waals surface area contributed by atoms with Crippen LogP contribution >= 0.6 is 0 Å². The Morgan fingerprint density at radius 3 is 2.33 bits per heavy atom. The van der Waals surface area contributed by atoms with Crippen molar-refractivity contribution in [2.75, 3.05) is 0 Å². The summed E-state index contributed by atoms with van der Waals surface area (Å²) in [5, 5.41) is 3.83. The number of pyridine rings is 1. The molecule has 0 N–H and O–H groups in total. The van der Waals surface area contributed by atoms with Crippen molar-refractivity contribution in [3.63, 3.8) is 0 Å². The molecule has 0 saturated heterocycles. The van der Waals surface area contributed by atoms with Crippen molar-refractivity contribution in [2.24, 2.45) is 0 Å². The molecule has 4 nitrogen and oxygen atoms in total. The summed E-state index contributed by atoms with van der Waals surface area (Å²) in [7, 11) is -1.71. The summed E-state index contributed by atoms with van der Waals surface area (Å²) in [6, 6.07) is 53.7. The highest BCUT2D eigenvalue weighted by Gasteiger charge is 2.45. The Bertz CT molecular complexity index is 3180. The molecule has 5 heteroatoms. The second-order valence-corrected chi connectivity index (χ2v) is 23.4. The number of hydrogen-bond donors (Lipinski definition) is 0. The van der Waals surface area contributed by atoms with E-state index >= 15 is 0 Å². The highest BCUT2D eigenvalue weighted by Crippen LogP contribution is 2.48. The maximum Gasteiger partial charge on any atom is 0.304 e. The number of aromatic nitrogens is 3. The van der Waals surface area contributed by atoms with Crippen molar-refractivity contribution >= 4 is 51.9 Å². The summed E-state index contributed by atoms with van der Waals surface area (Å²) >= 11 is 0. The van der Waals surface area contributed by atoms with Gasteiger partial charge in [-0.2, -0.15) is 13.7 Å². The van der Waals surface area contributed by atoms with Crippen LogP contribution in [0.4, 0.5) is 0 Å². The maximum absolute atomic E-state index is 7.02. The summed E-state index contributed by atoms with van der Waals surface area (Å²) < 4.78 is 14.7. The number of para-hydroxylation sites is 3. The minimum Gasteiger partial charge on any atom is -0.455 e. The number of benzene rings is 6. The molecule has 9 aromatic rings. The highest BCUT2D eigenvalue weighted by atomic mass is 28.3. The molecule has 0 radical (unpaired) electrons. The number of nitrogens with zero attached hydrogens (tertiary/aromatic N) is 3. The first-order chi connectivity index (χ1) is 29.2. The minimum absolute atomic E-state index is 0.180. The van der Waals surface area contributed by atoms with Gasteiger partial charge in [0.15, 0.2) is 28.9 Å². The van der Waals surface area contributed by atoms with E-state index in [0.717, 1.165) is 75.0 Å². The first-order valence-corrected chi connectivity index (χ1v) is 25.2. The van der Waals surface area contributed by atoms with E-state index in [1.165, 1.54) is 39.1 Å². The third-order valence-corrected chi connectivity index (χ3v) is 15.4. The molecule has 2 unspecified atom stereocenters. The lowest BCUT2D eigenvalue weighted by atomic mass is 9.77. The molecule has 2 aliphatic heterocycles. The van der Waals surface area contributed by atoms with E-state index < -0.39 is 8.07 Å². The first kappa shape index (κ1) is 36.8. The molecular weight excluding hydrogens is 747 g/mol. The van der Waals surface area contributed by atoms with Gasteiger partial charge in [-0.05, 0) is 83.0 Å². The summed E-state index contributed by atoms with van der Waals surface area (Å²) in [6.07, 6.45) is 5.28. The second kappa shape index (κ2) is 13.9. The molecule has 0 bridgehead atoms. The smallest absolute Gasteiger partial charge is 0.304 e. The van der Waals surface area contributed by atoms with Crippen LogP contribution in [0.2, 0.25) is 19.6 Å². The average Bonchev–Trinajstić information content (AvgIpc) is 3.81. The Kier molecular flexibility index (Phi) is 8.51. The van der Waals surface area contributed by atoms with Crippen molar-refractivity contribution in [3.8, 4) is 39.5 Å². The molecule has 2 aliphatic rings. The molecule has 2 atom stereocenters. The molecule has 11 rings (SSSR count). The fourth-order valence-corrected chi connectivity index (χ4v) is 12.3. The quantitative estimate of drug-likeness (QED) is 0.129. The molecule has 6 aromatic carbocycles. The van der Waals surface area contributed by atoms with Gasteiger partial charge in [-0.15, -0.1) is 0 Å². The zero-order valence-corrected chi connectivity index (χ0v) is 36.2. The summed E-state index contributed by atoms with van der Waals surface area (Å²) in [6.45, 7) is 17.3. The number of hydrogen-bond acceptors (Lipinski definition) is 1. The van der Waals surface area contributed by atoms with Gasteiger partial charge in [0.25, 0.3) is 0 Å². The fourth-order valence-electron chi connectivity index (χ4n) is 10.6. The van der Waals surface area contributed by atoms with Crippen LogP contribution in [0.1, 0.15) is 61.3 Å². The largest absolute Gasteiger partial charge is 0.455 e. The number of fused-ring (bicyclic) bond motifs is 15. The third-order valence-electron chi connectivity index (χ3n) is 13.4. The minimum atomic E-state index is -1.71. The lowest BCUT2D eigenvalue weighted by molar-refractivity contribution is -0.716. The first-order valence-electron chi connectivity index (χ1n) is 21.7. The highest BCUT2D eigenvalue weighted by molar-refractivity contribution is 6.89. The van der Waals surface area contributed by atoms with E-state index in [4.69, 9.17) is 11.0 Å². The fraction of sp³-hybridized carbons (Fsp3) is 0.200. The Hall–Kier alpha value is -6.30. The van der Waals surface area contributed by atoms with Crippen molar-refractivity contribution in [1.82, 2.24) is 4.57 Å². The van der Waals surface area contributed by atoms with E-state index in [-0.39, 0.29) is 12.0 Å². The van der Waals surface area contributed by atoms with E-state index in [1.54, 1.807) is 5.19 Å². The Labute approximate surface area is 353 Å². The van der Waals surface area contributed by atoms with Crippen molar-refractivity contribution < 1.29 is 13.6 Å². The Morgan fingerprint density at radius 2 is 1.50 bits per heavy atom. The second-order valence-electron chi connectivity index (χ2n) is 18.4. The maximum atomic E-state index is 7.02. The lowest BCUT2D eigenvalue weighted by Crippen LogP contribution is -2.54. The van der Waals surface area contributed by atoms with Gasteiger partial charge in [-0.25, -0.2) is 0 Å². The van der Waals surface area contributed by atoms with Crippen LogP contribution in [-0.4, -0.2) is 12.6 Å². The van der Waals surface area contributed by atoms with Gasteiger partial charge in [0.05, 0.1) is 14.5 Å². The van der Waals surface area contributed by atoms with Gasteiger partial charge in [0.2, 0.25) is 5.69 Å². The average molecular weight is 798 g/mol. The predicted molar refractivity (Wildman–Crippen MR) is 251 cm³/mol. The number of imidazole rings is 1. The normalized spacial score (nSPS) is 16.4. The monoisotopic (exact) mass is 797 g/mol. The van der Waals surface area contributed by atoms with E-state index in [0.29, 0.717) is 5.92 Å². The molecule has 5 heterocycles. The predicted octanol–water partition coefficient (Wildman–Crippen LogP) is 12.9. The molecule has 0 fully saturated rings. The van der Waals surface area contributed by atoms with Crippen LogP contribution in [0.3, 0.4) is 0 Å². The standard InChI is InChI=1S/C55H51N3OSi/c1-35(2)46-33-50-42-22-11-10-21-41(42)43-29-27-38-28-30-45-44-23-12-15-26-51(44)59-54(45)53(38)55-57(36(3)31-49(43)56(50)34-52(46)60(4,5)6)47-24-13-14-25-48(47)58(55)40-20-16-19-39(32-40)37-17-8-7-9-18-37/h7-26,28,30,32-35,43,49H,3,27,29,31H2,1-2,4-6H3/q+2. The zero-order chi connectivity index (χ0) is 40.9. The summed E-state index contributed by atoms with van der Waals surface area (Å²) in [4.78, 5) is 0. The van der Waals surface area contributed by atoms with Crippen LogP contribution in [0.25, 0.3) is 78.1 Å². The topological polar surface area (TPSA) is 25.8 Å². The van der Waals surface area contributed by atoms with Gasteiger partial charge in [-0.1, -0.05) is 143 Å². The SMILES string of the molecule is C=C1CC2C(CCc3ccc4c(oc5ccccc54)c3-c3n1c1ccccc1[n+]3-c1cccc(-c3ccccc3)c1)c1ccccc1-c1cc(C(C)C)c([Si](C)(C)C)c[n+]12. The lowest BCUT2D eigenvalue weighted by Gasteiger charge is -2.33. The van der Waals surface area contributed by atoms with Crippen LogP contribution in [0.5, 0.6) is 0 Å². The van der Waals surface area contributed by atoms with E-state index in [9.17, 15) is 0 Å². The third kappa shape index (κ3) is 5.70. The number of allylic oxidation sites excluding steroid dienone is 1. The molecule has 0 spiro atoms. The van der Waals surface area contributed by atoms with Crippen LogP contribution in [-0.2, 0) is 6.42 Å². The van der Waals surface area contributed by atoms with Crippen molar-refractivity contribution in [3.05, 3.63) is 175 Å². The van der Waals surface area contributed by atoms with Crippen molar-refractivity contribution in [1.29, 1.82) is 0 Å². The van der Waals surface area contributed by atoms with Gasteiger partial charge in [0, 0.05) is 33.5 Å². The molecule has 0 amide bonds. The van der Waals surface area contributed by atoms with Crippen molar-refractivity contribution in [2.45, 2.75) is 70.6 Å². The van der Waals surface area contributed by atoms with Gasteiger partial charge in [-0.3, -0.25) is 0 Å².